The molecular formula is C23H34N2O3. The highest BCUT2D eigenvalue weighted by Crippen LogP contribution is 2.22. The van der Waals surface area contributed by atoms with Crippen molar-refractivity contribution in [3.05, 3.63) is 29.3 Å². The highest BCUT2D eigenvalue weighted by Gasteiger charge is 2.29. The molecule has 1 heterocycles. The molecule has 2 fully saturated rings. The van der Waals surface area contributed by atoms with Crippen LogP contribution in [0.4, 0.5) is 0 Å². The van der Waals surface area contributed by atoms with Crippen LogP contribution in [0.15, 0.2) is 18.2 Å². The Labute approximate surface area is 168 Å². The number of hydrogen-bond donors (Lipinski definition) is 1. The Balaban J connectivity index is 1.44. The number of carbonyl (C=O) groups is 2. The van der Waals surface area contributed by atoms with Crippen molar-refractivity contribution >= 4 is 11.8 Å². The maximum absolute atomic E-state index is 12.6. The first-order valence-corrected chi connectivity index (χ1v) is 10.8. The van der Waals surface area contributed by atoms with Crippen LogP contribution in [-0.4, -0.2) is 42.5 Å². The predicted molar refractivity (Wildman–Crippen MR) is 110 cm³/mol. The molecule has 1 saturated carbocycles. The van der Waals surface area contributed by atoms with Crippen LogP contribution < -0.4 is 10.1 Å². The average Bonchev–Trinajstić information content (AvgIpc) is 2.72. The molecule has 0 radical (unpaired) electrons. The Morgan fingerprint density at radius 1 is 1.11 bits per heavy atom. The quantitative estimate of drug-likeness (QED) is 0.810. The zero-order valence-electron chi connectivity index (χ0n) is 17.3. The van der Waals surface area contributed by atoms with Crippen LogP contribution in [0.5, 0.6) is 5.75 Å². The van der Waals surface area contributed by atoms with Crippen molar-refractivity contribution in [2.75, 3.05) is 19.7 Å². The van der Waals surface area contributed by atoms with E-state index in [9.17, 15) is 9.59 Å². The van der Waals surface area contributed by atoms with Gasteiger partial charge in [0.1, 0.15) is 5.75 Å². The van der Waals surface area contributed by atoms with Gasteiger partial charge in [0.2, 0.25) is 11.8 Å². The van der Waals surface area contributed by atoms with Gasteiger partial charge in [-0.1, -0.05) is 31.4 Å². The minimum Gasteiger partial charge on any atom is -0.493 e. The molecule has 5 heteroatoms. The average molecular weight is 387 g/mol. The second kappa shape index (κ2) is 9.94. The van der Waals surface area contributed by atoms with E-state index >= 15 is 0 Å². The molecule has 0 aromatic heterocycles. The summed E-state index contributed by atoms with van der Waals surface area (Å²) in [6.07, 6.45) is 8.01. The number of carbonyl (C=O) groups excluding carboxylic acids is 2. The summed E-state index contributed by atoms with van der Waals surface area (Å²) in [5, 5.41) is 3.22. The number of rotatable bonds is 6. The van der Waals surface area contributed by atoms with Crippen molar-refractivity contribution in [3.63, 3.8) is 0 Å². The molecule has 2 amide bonds. The summed E-state index contributed by atoms with van der Waals surface area (Å²) in [6.45, 7) is 5.75. The molecule has 0 spiro atoms. The third-order valence-electron chi connectivity index (χ3n) is 6.22. The number of piperidine rings is 1. The Hall–Kier alpha value is -2.04. The lowest BCUT2D eigenvalue weighted by Crippen LogP contribution is -2.48. The number of likely N-dealkylation sites (tertiary alicyclic amines) is 1. The van der Waals surface area contributed by atoms with Gasteiger partial charge in [-0.25, -0.2) is 0 Å². The topological polar surface area (TPSA) is 58.6 Å². The zero-order valence-corrected chi connectivity index (χ0v) is 17.3. The third-order valence-corrected chi connectivity index (χ3v) is 6.22. The molecule has 5 nitrogen and oxygen atoms in total. The molecule has 1 atom stereocenters. The van der Waals surface area contributed by atoms with Gasteiger partial charge in [0, 0.05) is 19.1 Å². The lowest BCUT2D eigenvalue weighted by Gasteiger charge is -2.33. The van der Waals surface area contributed by atoms with Gasteiger partial charge in [-0.2, -0.15) is 0 Å². The Morgan fingerprint density at radius 3 is 2.68 bits per heavy atom. The summed E-state index contributed by atoms with van der Waals surface area (Å²) in [6, 6.07) is 6.30. The number of nitrogens with zero attached hydrogens (tertiary/aromatic N) is 1. The largest absolute Gasteiger partial charge is 0.493 e. The fourth-order valence-electron chi connectivity index (χ4n) is 4.27. The Kier molecular flexibility index (Phi) is 7.35. The Bertz CT molecular complexity index is 682. The molecule has 0 bridgehead atoms. The summed E-state index contributed by atoms with van der Waals surface area (Å²) in [5.41, 5.74) is 2.30. The van der Waals surface area contributed by atoms with Gasteiger partial charge in [-0.3, -0.25) is 9.59 Å². The minimum atomic E-state index is -0.0698. The molecule has 2 aliphatic rings. The number of benzene rings is 1. The van der Waals surface area contributed by atoms with E-state index in [1.54, 1.807) is 0 Å². The molecule has 1 aliphatic carbocycles. The van der Waals surface area contributed by atoms with Gasteiger partial charge < -0.3 is 15.0 Å². The van der Waals surface area contributed by atoms with Crippen molar-refractivity contribution in [2.24, 2.45) is 5.92 Å². The van der Waals surface area contributed by atoms with Crippen LogP contribution in [-0.2, 0) is 9.59 Å². The second-order valence-electron chi connectivity index (χ2n) is 8.32. The van der Waals surface area contributed by atoms with Crippen molar-refractivity contribution in [1.82, 2.24) is 10.2 Å². The van der Waals surface area contributed by atoms with Crippen LogP contribution in [0.3, 0.4) is 0 Å². The van der Waals surface area contributed by atoms with Crippen LogP contribution in [0, 0.1) is 19.8 Å². The first-order valence-electron chi connectivity index (χ1n) is 10.8. The van der Waals surface area contributed by atoms with E-state index in [1.807, 2.05) is 24.0 Å². The zero-order chi connectivity index (χ0) is 19.9. The van der Waals surface area contributed by atoms with E-state index in [4.69, 9.17) is 4.74 Å². The lowest BCUT2D eigenvalue weighted by atomic mass is 9.93. The van der Waals surface area contributed by atoms with Gasteiger partial charge in [0.25, 0.3) is 0 Å². The first kappa shape index (κ1) is 20.7. The van der Waals surface area contributed by atoms with Crippen LogP contribution in [0.1, 0.15) is 62.5 Å². The number of amides is 2. The van der Waals surface area contributed by atoms with E-state index in [0.29, 0.717) is 25.6 Å². The highest BCUT2D eigenvalue weighted by atomic mass is 16.5. The monoisotopic (exact) mass is 386 g/mol. The molecular weight excluding hydrogens is 352 g/mol. The molecule has 1 saturated heterocycles. The maximum atomic E-state index is 12.6. The normalized spacial score (nSPS) is 20.6. The number of aryl methyl sites for hydroxylation is 1. The molecule has 1 aromatic rings. The van der Waals surface area contributed by atoms with Crippen molar-refractivity contribution in [2.45, 2.75) is 71.3 Å². The molecule has 1 aliphatic heterocycles. The van der Waals surface area contributed by atoms with Crippen molar-refractivity contribution < 1.29 is 14.3 Å². The molecule has 154 valence electrons. The molecule has 1 aromatic carbocycles. The molecule has 3 rings (SSSR count). The standard InChI is InChI=1S/C23H34N2O3/c1-17-8-6-12-21(18(17)2)28-15-13-22(26)25-14-7-9-19(16-25)23(27)24-20-10-4-3-5-11-20/h6,8,12,19-20H,3-5,7,9-11,13-16H2,1-2H3,(H,24,27). The van der Waals surface area contributed by atoms with E-state index in [1.165, 1.54) is 24.8 Å². The van der Waals surface area contributed by atoms with Crippen LogP contribution >= 0.6 is 0 Å². The molecule has 28 heavy (non-hydrogen) atoms. The second-order valence-corrected chi connectivity index (χ2v) is 8.32. The number of nitrogens with one attached hydrogen (secondary N) is 1. The predicted octanol–water partition coefficient (Wildman–Crippen LogP) is 3.76. The minimum absolute atomic E-state index is 0.0698. The summed E-state index contributed by atoms with van der Waals surface area (Å²) in [4.78, 5) is 27.1. The van der Waals surface area contributed by atoms with Gasteiger partial charge in [-0.05, 0) is 56.7 Å². The molecule has 1 N–H and O–H groups in total. The van der Waals surface area contributed by atoms with E-state index in [-0.39, 0.29) is 17.7 Å². The smallest absolute Gasteiger partial charge is 0.226 e. The van der Waals surface area contributed by atoms with Crippen LogP contribution in [0.2, 0.25) is 0 Å². The lowest BCUT2D eigenvalue weighted by molar-refractivity contribution is -0.136. The van der Waals surface area contributed by atoms with Gasteiger partial charge in [0.05, 0.1) is 18.9 Å². The summed E-state index contributed by atoms with van der Waals surface area (Å²) < 4.78 is 5.83. The summed E-state index contributed by atoms with van der Waals surface area (Å²) in [5.74, 6) is 0.993. The van der Waals surface area contributed by atoms with E-state index in [0.717, 1.165) is 43.5 Å². The highest BCUT2D eigenvalue weighted by molar-refractivity contribution is 5.81. The Morgan fingerprint density at radius 2 is 1.89 bits per heavy atom. The van der Waals surface area contributed by atoms with Gasteiger partial charge in [-0.15, -0.1) is 0 Å². The first-order chi connectivity index (χ1) is 13.5. The van der Waals surface area contributed by atoms with Gasteiger partial charge in [0.15, 0.2) is 0 Å². The fourth-order valence-corrected chi connectivity index (χ4v) is 4.27. The van der Waals surface area contributed by atoms with E-state index in [2.05, 4.69) is 18.3 Å². The number of hydrogen-bond acceptors (Lipinski definition) is 3. The van der Waals surface area contributed by atoms with Crippen molar-refractivity contribution in [1.29, 1.82) is 0 Å². The van der Waals surface area contributed by atoms with Crippen LogP contribution in [0.25, 0.3) is 0 Å². The van der Waals surface area contributed by atoms with Crippen molar-refractivity contribution in [3.8, 4) is 5.75 Å². The molecule has 1 unspecified atom stereocenters. The maximum Gasteiger partial charge on any atom is 0.226 e. The van der Waals surface area contributed by atoms with E-state index < -0.39 is 0 Å². The number of ether oxygens (including phenoxy) is 1. The summed E-state index contributed by atoms with van der Waals surface area (Å²) >= 11 is 0. The SMILES string of the molecule is Cc1cccc(OCCC(=O)N2CCCC(C(=O)NC3CCCCC3)C2)c1C. The van der Waals surface area contributed by atoms with Gasteiger partial charge >= 0.3 is 0 Å². The third kappa shape index (κ3) is 5.49. The summed E-state index contributed by atoms with van der Waals surface area (Å²) in [7, 11) is 0. The fraction of sp³-hybridized carbons (Fsp3) is 0.652.